The van der Waals surface area contributed by atoms with Crippen molar-refractivity contribution >= 4 is 23.6 Å². The first-order valence-corrected chi connectivity index (χ1v) is 9.34. The highest BCUT2D eigenvalue weighted by Gasteiger charge is 2.41. The van der Waals surface area contributed by atoms with Gasteiger partial charge in [0.2, 0.25) is 11.8 Å². The molecule has 0 spiro atoms. The summed E-state index contributed by atoms with van der Waals surface area (Å²) >= 11 is 1.58. The number of thioether (sulfide) groups is 1. The summed E-state index contributed by atoms with van der Waals surface area (Å²) in [7, 11) is 3.16. The van der Waals surface area contributed by atoms with Gasteiger partial charge in [-0.05, 0) is 23.6 Å². The van der Waals surface area contributed by atoms with Crippen LogP contribution in [0.3, 0.4) is 0 Å². The van der Waals surface area contributed by atoms with Gasteiger partial charge in [0.15, 0.2) is 11.5 Å². The number of rotatable bonds is 6. The van der Waals surface area contributed by atoms with Crippen LogP contribution in [0.15, 0.2) is 18.2 Å². The summed E-state index contributed by atoms with van der Waals surface area (Å²) in [4.78, 5) is 26.4. The van der Waals surface area contributed by atoms with E-state index in [9.17, 15) is 9.59 Å². The molecular formula is C18H26N2O4S. The maximum atomic E-state index is 12.5. The predicted octanol–water partition coefficient (Wildman–Crippen LogP) is 2.44. The topological polar surface area (TPSA) is 67.9 Å². The SMILES string of the molecule is COc1ccc(C2SCC(C(=O)NCC(C)C)N2C(C)=O)cc1OC. The normalized spacial score (nSPS) is 19.8. The van der Waals surface area contributed by atoms with Crippen molar-refractivity contribution < 1.29 is 19.1 Å². The smallest absolute Gasteiger partial charge is 0.243 e. The second-order valence-electron chi connectivity index (χ2n) is 6.38. The van der Waals surface area contributed by atoms with Crippen LogP contribution in [0.2, 0.25) is 0 Å². The Bertz CT molecular complexity index is 636. The second-order valence-corrected chi connectivity index (χ2v) is 7.49. The lowest BCUT2D eigenvalue weighted by molar-refractivity contribution is -0.138. The Labute approximate surface area is 153 Å². The largest absolute Gasteiger partial charge is 0.493 e. The Kier molecular flexibility index (Phi) is 6.58. The van der Waals surface area contributed by atoms with Crippen LogP contribution < -0.4 is 14.8 Å². The summed E-state index contributed by atoms with van der Waals surface area (Å²) in [6.07, 6.45) is 0. The lowest BCUT2D eigenvalue weighted by Crippen LogP contribution is -2.47. The molecule has 0 aliphatic carbocycles. The van der Waals surface area contributed by atoms with Gasteiger partial charge in [-0.15, -0.1) is 11.8 Å². The van der Waals surface area contributed by atoms with E-state index in [4.69, 9.17) is 9.47 Å². The molecule has 1 aromatic carbocycles. The molecule has 2 atom stereocenters. The first-order chi connectivity index (χ1) is 11.9. The van der Waals surface area contributed by atoms with Crippen molar-refractivity contribution in [2.24, 2.45) is 5.92 Å². The minimum absolute atomic E-state index is 0.0978. The lowest BCUT2D eigenvalue weighted by Gasteiger charge is -2.28. The molecule has 1 N–H and O–H groups in total. The number of amides is 2. The number of hydrogen-bond acceptors (Lipinski definition) is 5. The zero-order valence-electron chi connectivity index (χ0n) is 15.4. The number of hydrogen-bond donors (Lipinski definition) is 1. The number of benzene rings is 1. The zero-order chi connectivity index (χ0) is 18.6. The monoisotopic (exact) mass is 366 g/mol. The van der Waals surface area contributed by atoms with Crippen molar-refractivity contribution in [3.63, 3.8) is 0 Å². The first kappa shape index (κ1) is 19.4. The molecule has 7 heteroatoms. The van der Waals surface area contributed by atoms with Crippen molar-refractivity contribution in [3.05, 3.63) is 23.8 Å². The predicted molar refractivity (Wildman–Crippen MR) is 98.9 cm³/mol. The maximum Gasteiger partial charge on any atom is 0.243 e. The molecule has 0 saturated carbocycles. The van der Waals surface area contributed by atoms with Gasteiger partial charge in [0.1, 0.15) is 11.4 Å². The highest BCUT2D eigenvalue weighted by molar-refractivity contribution is 7.99. The standard InChI is InChI=1S/C18H26N2O4S/c1-11(2)9-19-17(22)14-10-25-18(20(14)12(3)21)13-6-7-15(23-4)16(8-13)24-5/h6-8,11,14,18H,9-10H2,1-5H3,(H,19,22). The van der Waals surface area contributed by atoms with Crippen LogP contribution in [-0.2, 0) is 9.59 Å². The van der Waals surface area contributed by atoms with Gasteiger partial charge in [0, 0.05) is 19.2 Å². The molecule has 25 heavy (non-hydrogen) atoms. The molecule has 0 radical (unpaired) electrons. The minimum Gasteiger partial charge on any atom is -0.493 e. The number of methoxy groups -OCH3 is 2. The van der Waals surface area contributed by atoms with Crippen LogP contribution in [0.1, 0.15) is 31.7 Å². The molecule has 1 heterocycles. The van der Waals surface area contributed by atoms with Gasteiger partial charge < -0.3 is 19.7 Å². The third-order valence-electron chi connectivity index (χ3n) is 4.04. The molecule has 2 rings (SSSR count). The quantitative estimate of drug-likeness (QED) is 0.838. The van der Waals surface area contributed by atoms with Crippen LogP contribution in [0.4, 0.5) is 0 Å². The van der Waals surface area contributed by atoms with Crippen LogP contribution in [0, 0.1) is 5.92 Å². The van der Waals surface area contributed by atoms with Crippen LogP contribution >= 0.6 is 11.8 Å². The maximum absolute atomic E-state index is 12.5. The number of ether oxygens (including phenoxy) is 2. The molecule has 1 fully saturated rings. The van der Waals surface area contributed by atoms with Crippen LogP contribution in [0.5, 0.6) is 11.5 Å². The average molecular weight is 366 g/mol. The van der Waals surface area contributed by atoms with Crippen molar-refractivity contribution in [3.8, 4) is 11.5 Å². The number of carbonyl (C=O) groups is 2. The fourth-order valence-corrected chi connectivity index (χ4v) is 4.25. The van der Waals surface area contributed by atoms with Crippen LogP contribution in [-0.4, -0.2) is 49.3 Å². The van der Waals surface area contributed by atoms with E-state index < -0.39 is 6.04 Å². The molecule has 1 aliphatic heterocycles. The Morgan fingerprint density at radius 3 is 2.52 bits per heavy atom. The van der Waals surface area contributed by atoms with Gasteiger partial charge in [-0.3, -0.25) is 9.59 Å². The van der Waals surface area contributed by atoms with Gasteiger partial charge in [-0.25, -0.2) is 0 Å². The van der Waals surface area contributed by atoms with E-state index in [0.29, 0.717) is 29.7 Å². The Morgan fingerprint density at radius 2 is 1.96 bits per heavy atom. The minimum atomic E-state index is -0.459. The molecule has 2 unspecified atom stereocenters. The van der Waals surface area contributed by atoms with E-state index >= 15 is 0 Å². The van der Waals surface area contributed by atoms with Gasteiger partial charge in [0.25, 0.3) is 0 Å². The first-order valence-electron chi connectivity index (χ1n) is 8.29. The van der Waals surface area contributed by atoms with Crippen molar-refractivity contribution in [1.82, 2.24) is 10.2 Å². The highest BCUT2D eigenvalue weighted by atomic mass is 32.2. The van der Waals surface area contributed by atoms with Crippen molar-refractivity contribution in [2.75, 3.05) is 26.5 Å². The number of nitrogens with zero attached hydrogens (tertiary/aromatic N) is 1. The summed E-state index contributed by atoms with van der Waals surface area (Å²) in [5.41, 5.74) is 0.914. The fraction of sp³-hybridized carbons (Fsp3) is 0.556. The Balaban J connectivity index is 2.24. The van der Waals surface area contributed by atoms with E-state index in [1.165, 1.54) is 6.92 Å². The van der Waals surface area contributed by atoms with E-state index in [-0.39, 0.29) is 17.2 Å². The third kappa shape index (κ3) is 4.39. The molecule has 0 bridgehead atoms. The summed E-state index contributed by atoms with van der Waals surface area (Å²) in [6.45, 7) is 6.19. The summed E-state index contributed by atoms with van der Waals surface area (Å²) in [6, 6.07) is 5.13. The molecular weight excluding hydrogens is 340 g/mol. The molecule has 1 saturated heterocycles. The van der Waals surface area contributed by atoms with Crippen molar-refractivity contribution in [2.45, 2.75) is 32.2 Å². The third-order valence-corrected chi connectivity index (χ3v) is 5.37. The van der Waals surface area contributed by atoms with Gasteiger partial charge >= 0.3 is 0 Å². The number of nitrogens with one attached hydrogen (secondary N) is 1. The highest BCUT2D eigenvalue weighted by Crippen LogP contribution is 2.43. The Morgan fingerprint density at radius 1 is 1.28 bits per heavy atom. The number of carbonyl (C=O) groups excluding carboxylic acids is 2. The lowest BCUT2D eigenvalue weighted by atomic mass is 10.1. The molecule has 0 aromatic heterocycles. The second kappa shape index (κ2) is 8.47. The fourth-order valence-electron chi connectivity index (χ4n) is 2.78. The van der Waals surface area contributed by atoms with Crippen LogP contribution in [0.25, 0.3) is 0 Å². The average Bonchev–Trinajstić information content (AvgIpc) is 3.04. The molecule has 138 valence electrons. The molecule has 1 aliphatic rings. The van der Waals surface area contributed by atoms with E-state index in [0.717, 1.165) is 5.56 Å². The van der Waals surface area contributed by atoms with E-state index in [1.807, 2.05) is 32.0 Å². The Hall–Kier alpha value is -1.89. The van der Waals surface area contributed by atoms with Crippen molar-refractivity contribution in [1.29, 1.82) is 0 Å². The zero-order valence-corrected chi connectivity index (χ0v) is 16.2. The van der Waals surface area contributed by atoms with E-state index in [1.54, 1.807) is 30.9 Å². The summed E-state index contributed by atoms with van der Waals surface area (Å²) < 4.78 is 10.6. The molecule has 6 nitrogen and oxygen atoms in total. The van der Waals surface area contributed by atoms with E-state index in [2.05, 4.69) is 5.32 Å². The molecule has 2 amide bonds. The summed E-state index contributed by atoms with van der Waals surface area (Å²) in [5.74, 6) is 1.97. The van der Waals surface area contributed by atoms with Gasteiger partial charge in [0.05, 0.1) is 14.2 Å². The van der Waals surface area contributed by atoms with Gasteiger partial charge in [-0.1, -0.05) is 19.9 Å². The van der Waals surface area contributed by atoms with Gasteiger partial charge in [-0.2, -0.15) is 0 Å². The molecule has 1 aromatic rings. The summed E-state index contributed by atoms with van der Waals surface area (Å²) in [5, 5.41) is 2.72.